The summed E-state index contributed by atoms with van der Waals surface area (Å²) in [6, 6.07) is 5.27. The van der Waals surface area contributed by atoms with Gasteiger partial charge in [0.25, 0.3) is 0 Å². The number of nitrogens with zero attached hydrogens (tertiary/aromatic N) is 4. The second-order valence-corrected chi connectivity index (χ2v) is 12.3. The normalized spacial score (nSPS) is 22.7. The van der Waals surface area contributed by atoms with Crippen LogP contribution in [0.25, 0.3) is 11.1 Å². The number of nitrogens with one attached hydrogen (secondary N) is 1. The minimum atomic E-state index is -3.98. The highest BCUT2D eigenvalue weighted by molar-refractivity contribution is 9.10. The molecule has 39 heavy (non-hydrogen) atoms. The minimum Gasteiger partial charge on any atom is -0.481 e. The fraction of sp³-hybridized carbons (Fsp3) is 0.375. The molecule has 3 aliphatic carbocycles. The second-order valence-electron chi connectivity index (χ2n) is 9.49. The molecule has 3 aromatic rings. The zero-order valence-electron chi connectivity index (χ0n) is 20.2. The summed E-state index contributed by atoms with van der Waals surface area (Å²) in [4.78, 5) is 28.2. The van der Waals surface area contributed by atoms with E-state index >= 15 is 0 Å². The van der Waals surface area contributed by atoms with E-state index in [2.05, 4.69) is 40.6 Å². The van der Waals surface area contributed by atoms with Crippen LogP contribution in [0.2, 0.25) is 0 Å². The van der Waals surface area contributed by atoms with Gasteiger partial charge in [-0.25, -0.2) is 28.4 Å². The summed E-state index contributed by atoms with van der Waals surface area (Å²) in [5.74, 6) is -0.0298. The van der Waals surface area contributed by atoms with Gasteiger partial charge < -0.3 is 24.1 Å². The number of hydrogen-bond acceptors (Lipinski definition) is 11. The van der Waals surface area contributed by atoms with E-state index in [1.54, 1.807) is 30.6 Å². The number of rotatable bonds is 10. The summed E-state index contributed by atoms with van der Waals surface area (Å²) in [5, 5.41) is 8.75. The Hall–Kier alpha value is -3.72. The van der Waals surface area contributed by atoms with Crippen LogP contribution >= 0.6 is 15.9 Å². The number of ether oxygens (including phenoxy) is 4. The lowest BCUT2D eigenvalue weighted by Gasteiger charge is -2.33. The van der Waals surface area contributed by atoms with Gasteiger partial charge in [-0.05, 0) is 58.8 Å². The van der Waals surface area contributed by atoms with Crippen molar-refractivity contribution in [1.82, 2.24) is 19.9 Å². The summed E-state index contributed by atoms with van der Waals surface area (Å²) in [7, 11) is -3.98. The fourth-order valence-electron chi connectivity index (χ4n) is 5.28. The maximum atomic E-state index is 13.4. The molecule has 3 heterocycles. The molecule has 3 fully saturated rings. The van der Waals surface area contributed by atoms with Gasteiger partial charge in [0.2, 0.25) is 22.7 Å². The Kier molecular flexibility index (Phi) is 6.41. The van der Waals surface area contributed by atoms with Crippen molar-refractivity contribution in [2.75, 3.05) is 24.7 Å². The van der Waals surface area contributed by atoms with Gasteiger partial charge in [-0.3, -0.25) is 9.52 Å². The number of carboxylic acid groups (broad SMARTS) is 1. The Labute approximate surface area is 231 Å². The molecule has 0 amide bonds. The van der Waals surface area contributed by atoms with Crippen molar-refractivity contribution in [1.29, 1.82) is 0 Å². The molecule has 0 unspecified atom stereocenters. The van der Waals surface area contributed by atoms with E-state index in [9.17, 15) is 18.3 Å². The highest BCUT2D eigenvalue weighted by atomic mass is 79.9. The van der Waals surface area contributed by atoms with Gasteiger partial charge in [0.15, 0.2) is 17.3 Å². The zero-order valence-corrected chi connectivity index (χ0v) is 22.6. The van der Waals surface area contributed by atoms with Crippen LogP contribution in [0.4, 0.5) is 5.82 Å². The summed E-state index contributed by atoms with van der Waals surface area (Å²) in [6.45, 7) is 0.205. The van der Waals surface area contributed by atoms with Gasteiger partial charge in [0.05, 0.1) is 20.7 Å². The molecule has 13 nitrogen and oxygen atoms in total. The van der Waals surface area contributed by atoms with E-state index < -0.39 is 26.7 Å². The van der Waals surface area contributed by atoms with Crippen molar-refractivity contribution in [3.8, 4) is 34.5 Å². The van der Waals surface area contributed by atoms with E-state index in [1.807, 2.05) is 0 Å². The minimum absolute atomic E-state index is 0.00417. The number of anilines is 1. The average Bonchev–Trinajstić information content (AvgIpc) is 3.61. The van der Waals surface area contributed by atoms with E-state index in [0.717, 1.165) is 0 Å². The van der Waals surface area contributed by atoms with E-state index in [0.29, 0.717) is 34.4 Å². The van der Waals surface area contributed by atoms with Gasteiger partial charge in [-0.1, -0.05) is 6.07 Å². The lowest BCUT2D eigenvalue weighted by Crippen LogP contribution is -2.37. The van der Waals surface area contributed by atoms with Crippen LogP contribution in [0, 0.1) is 11.3 Å². The summed E-state index contributed by atoms with van der Waals surface area (Å²) in [5.41, 5.74) is -0.150. The Balaban J connectivity index is 1.26. The lowest BCUT2D eigenvalue weighted by molar-refractivity contribution is -0.153. The predicted octanol–water partition coefficient (Wildman–Crippen LogP) is 2.88. The number of carboxylic acids is 1. The smallest absolute Gasteiger partial charge is 0.316 e. The van der Waals surface area contributed by atoms with Crippen molar-refractivity contribution < 1.29 is 37.3 Å². The first-order valence-electron chi connectivity index (χ1n) is 12.0. The van der Waals surface area contributed by atoms with E-state index in [-0.39, 0.29) is 55.6 Å². The Morgan fingerprint density at radius 3 is 2.56 bits per heavy atom. The van der Waals surface area contributed by atoms with Crippen LogP contribution < -0.4 is 23.7 Å². The third-order valence-corrected chi connectivity index (χ3v) is 9.37. The van der Waals surface area contributed by atoms with Crippen LogP contribution in [-0.2, 0) is 14.8 Å². The lowest BCUT2D eigenvalue weighted by atomic mass is 9.70. The molecule has 4 aliphatic rings. The molecule has 7 rings (SSSR count). The molecule has 0 radical (unpaired) electrons. The highest BCUT2D eigenvalue weighted by Crippen LogP contribution is 2.61. The number of carbonyl (C=O) groups is 1. The molecule has 2 bridgehead atoms. The first kappa shape index (κ1) is 25.6. The first-order chi connectivity index (χ1) is 18.7. The van der Waals surface area contributed by atoms with E-state index in [1.165, 1.54) is 6.33 Å². The summed E-state index contributed by atoms with van der Waals surface area (Å²) in [6.07, 6.45) is 5.06. The highest BCUT2D eigenvalue weighted by Gasteiger charge is 2.64. The topological polar surface area (TPSA) is 172 Å². The third-order valence-electron chi connectivity index (χ3n) is 7.14. The molecular weight excluding hydrogens is 598 g/mol. The fourth-order valence-corrected chi connectivity index (χ4v) is 7.29. The van der Waals surface area contributed by atoms with Crippen molar-refractivity contribution >= 4 is 37.7 Å². The molecule has 204 valence electrons. The molecule has 1 atom stereocenters. The maximum Gasteiger partial charge on any atom is 0.316 e. The van der Waals surface area contributed by atoms with Crippen LogP contribution in [-0.4, -0.2) is 64.7 Å². The number of fused-ring (bicyclic) bond motifs is 2. The Bertz CT molecular complexity index is 1530. The molecular formula is C24H22BrN5O8S. The average molecular weight is 620 g/mol. The van der Waals surface area contributed by atoms with Crippen LogP contribution in [0.15, 0.2) is 41.4 Å². The number of halogens is 1. The predicted molar refractivity (Wildman–Crippen MR) is 138 cm³/mol. The molecule has 0 spiro atoms. The van der Waals surface area contributed by atoms with Crippen LogP contribution in [0.3, 0.4) is 0 Å². The number of hydrogen-bond donors (Lipinski definition) is 2. The Morgan fingerprint density at radius 1 is 1.08 bits per heavy atom. The summed E-state index contributed by atoms with van der Waals surface area (Å²) < 4.78 is 52.5. The number of benzene rings is 1. The van der Waals surface area contributed by atoms with Gasteiger partial charge in [0.1, 0.15) is 19.5 Å². The standard InChI is InChI=1S/C24H22BrN5O8S/c25-15-9-26-23(27-10-15)36-4-3-35-21-19(13-1-2-16-17(5-13)38-12-37-16)20(28-11-29-21)30-39(33,34)18-8-24(22(31)32)6-14(18)7-24/h1-2,5,9-11,14,18H,3-4,6-8,12H2,(H,31,32)(H,28,29,30)/t14?,18-,24?/m1/s1. The monoisotopic (exact) mass is 619 g/mol. The van der Waals surface area contributed by atoms with Gasteiger partial charge in [-0.15, -0.1) is 0 Å². The van der Waals surface area contributed by atoms with Crippen molar-refractivity contribution in [2.45, 2.75) is 24.5 Å². The number of aromatic nitrogens is 4. The van der Waals surface area contributed by atoms with Crippen LogP contribution in [0.5, 0.6) is 23.4 Å². The van der Waals surface area contributed by atoms with Crippen molar-refractivity contribution in [2.24, 2.45) is 11.3 Å². The van der Waals surface area contributed by atoms with Gasteiger partial charge >= 0.3 is 12.0 Å². The van der Waals surface area contributed by atoms with Crippen LogP contribution in [0.1, 0.15) is 19.3 Å². The molecule has 1 aromatic carbocycles. The molecule has 15 heteroatoms. The molecule has 3 saturated carbocycles. The van der Waals surface area contributed by atoms with Gasteiger partial charge in [-0.2, -0.15) is 0 Å². The number of aliphatic carboxylic acids is 1. The summed E-state index contributed by atoms with van der Waals surface area (Å²) >= 11 is 3.26. The molecule has 1 aliphatic heterocycles. The quantitative estimate of drug-likeness (QED) is 0.318. The van der Waals surface area contributed by atoms with Crippen molar-refractivity contribution in [3.63, 3.8) is 0 Å². The van der Waals surface area contributed by atoms with E-state index in [4.69, 9.17) is 18.9 Å². The zero-order chi connectivity index (χ0) is 27.2. The van der Waals surface area contributed by atoms with Crippen molar-refractivity contribution in [3.05, 3.63) is 41.4 Å². The molecule has 2 aromatic heterocycles. The van der Waals surface area contributed by atoms with Gasteiger partial charge in [0, 0.05) is 12.4 Å². The SMILES string of the molecule is O=C(O)C12CC(C1)[C@H](S(=O)(=O)Nc1ncnc(OCCOc3ncc(Br)cn3)c1-c1ccc3c(c1)OCO3)C2. The molecule has 0 saturated heterocycles. The molecule has 2 N–H and O–H groups in total. The Morgan fingerprint density at radius 2 is 1.82 bits per heavy atom. The second kappa shape index (κ2) is 9.79. The third kappa shape index (κ3) is 4.80. The number of sulfonamides is 1. The first-order valence-corrected chi connectivity index (χ1v) is 14.3. The maximum absolute atomic E-state index is 13.4. The largest absolute Gasteiger partial charge is 0.481 e.